The molecule has 8 nitrogen and oxygen atoms in total. The number of hydrogen-bond acceptors (Lipinski definition) is 5. The van der Waals surface area contributed by atoms with Gasteiger partial charge >= 0.3 is 11.8 Å². The van der Waals surface area contributed by atoms with E-state index in [1.54, 1.807) is 12.3 Å². The van der Waals surface area contributed by atoms with E-state index in [2.05, 4.69) is 22.6 Å². The van der Waals surface area contributed by atoms with Crippen molar-refractivity contribution in [2.24, 2.45) is 5.92 Å². The number of aryl methyl sites for hydroxylation is 1. The maximum atomic E-state index is 11.7. The molecule has 0 bridgehead atoms. The van der Waals surface area contributed by atoms with Crippen LogP contribution >= 0.6 is 23.2 Å². The van der Waals surface area contributed by atoms with E-state index in [1.807, 2.05) is 30.7 Å². The molecule has 1 saturated heterocycles. The van der Waals surface area contributed by atoms with E-state index in [4.69, 9.17) is 38.3 Å². The molecule has 0 radical (unpaired) electrons. The SMILES string of the molecule is Cc1nn([C@H](C)c2ccc(Cl)cc2Cl)c2nc([N+]3=CCC(N4CCC[C@H]4C(=O)O)C(C)C3)cnc12. The van der Waals surface area contributed by atoms with Gasteiger partial charge in [-0.1, -0.05) is 36.2 Å². The summed E-state index contributed by atoms with van der Waals surface area (Å²) in [5.74, 6) is 0.331. The largest absolute Gasteiger partial charge is 0.480 e. The first kappa shape index (κ1) is 24.2. The minimum atomic E-state index is -0.716. The molecule has 1 aromatic carbocycles. The van der Waals surface area contributed by atoms with Gasteiger partial charge in [-0.2, -0.15) is 5.10 Å². The molecule has 10 heteroatoms. The number of aliphatic carboxylic acids is 1. The summed E-state index contributed by atoms with van der Waals surface area (Å²) in [5.41, 5.74) is 3.18. The molecule has 2 unspecified atom stereocenters. The Morgan fingerprint density at radius 1 is 1.31 bits per heavy atom. The first-order valence-corrected chi connectivity index (χ1v) is 12.8. The van der Waals surface area contributed by atoms with Gasteiger partial charge in [0.2, 0.25) is 0 Å². The van der Waals surface area contributed by atoms with E-state index >= 15 is 0 Å². The van der Waals surface area contributed by atoms with Crippen LogP contribution in [0.5, 0.6) is 0 Å². The molecular weight excluding hydrogens is 487 g/mol. The molecule has 0 aliphatic carbocycles. The molecule has 1 fully saturated rings. The van der Waals surface area contributed by atoms with Crippen molar-refractivity contribution in [2.45, 2.75) is 58.2 Å². The Labute approximate surface area is 214 Å². The van der Waals surface area contributed by atoms with Crippen LogP contribution in [-0.4, -0.2) is 71.7 Å². The van der Waals surface area contributed by atoms with Crippen LogP contribution in [0.4, 0.5) is 5.82 Å². The van der Waals surface area contributed by atoms with Crippen LogP contribution in [0.15, 0.2) is 24.4 Å². The van der Waals surface area contributed by atoms with Gasteiger partial charge in [0.05, 0.1) is 24.5 Å². The van der Waals surface area contributed by atoms with Crippen LogP contribution in [0.3, 0.4) is 0 Å². The van der Waals surface area contributed by atoms with Gasteiger partial charge in [-0.15, -0.1) is 0 Å². The van der Waals surface area contributed by atoms with Gasteiger partial charge in [0.15, 0.2) is 5.52 Å². The number of rotatable bonds is 5. The molecule has 4 atom stereocenters. The lowest BCUT2D eigenvalue weighted by Crippen LogP contribution is -2.50. The van der Waals surface area contributed by atoms with Gasteiger partial charge < -0.3 is 5.11 Å². The Morgan fingerprint density at radius 3 is 2.83 bits per heavy atom. The van der Waals surface area contributed by atoms with Crippen LogP contribution in [0.2, 0.25) is 10.0 Å². The highest BCUT2D eigenvalue weighted by Gasteiger charge is 2.40. The smallest absolute Gasteiger partial charge is 0.343 e. The summed E-state index contributed by atoms with van der Waals surface area (Å²) in [6.07, 6.45) is 6.36. The molecular formula is C25H29Cl2N6O2+. The monoisotopic (exact) mass is 515 g/mol. The van der Waals surface area contributed by atoms with Crippen LogP contribution in [0, 0.1) is 12.8 Å². The number of likely N-dealkylation sites (tertiary alicyclic amines) is 1. The van der Waals surface area contributed by atoms with Crippen molar-refractivity contribution >= 4 is 52.4 Å². The second-order valence-corrected chi connectivity index (χ2v) is 10.5. The molecule has 0 spiro atoms. The van der Waals surface area contributed by atoms with Crippen molar-refractivity contribution in [2.75, 3.05) is 13.1 Å². The Hall–Kier alpha value is -2.55. The molecule has 1 N–H and O–H groups in total. The quantitative estimate of drug-likeness (QED) is 0.494. The molecule has 0 saturated carbocycles. The van der Waals surface area contributed by atoms with E-state index in [9.17, 15) is 9.90 Å². The fraction of sp³-hybridized carbons (Fsp3) is 0.480. The highest BCUT2D eigenvalue weighted by atomic mass is 35.5. The number of benzene rings is 1. The van der Waals surface area contributed by atoms with E-state index in [0.717, 1.165) is 54.9 Å². The number of carboxylic acids is 1. The maximum Gasteiger partial charge on any atom is 0.343 e. The molecule has 2 aromatic heterocycles. The summed E-state index contributed by atoms with van der Waals surface area (Å²) in [6.45, 7) is 7.74. The maximum absolute atomic E-state index is 11.7. The van der Waals surface area contributed by atoms with Gasteiger partial charge in [-0.05, 0) is 55.9 Å². The second-order valence-electron chi connectivity index (χ2n) is 9.62. The molecule has 0 amide bonds. The summed E-state index contributed by atoms with van der Waals surface area (Å²) >= 11 is 12.6. The Morgan fingerprint density at radius 2 is 2.11 bits per heavy atom. The molecule has 184 valence electrons. The lowest BCUT2D eigenvalue weighted by atomic mass is 9.94. The number of carbonyl (C=O) groups is 1. The van der Waals surface area contributed by atoms with Crippen molar-refractivity contribution in [3.8, 4) is 0 Å². The fourth-order valence-corrected chi connectivity index (χ4v) is 6.06. The number of aromatic nitrogens is 4. The third-order valence-corrected chi connectivity index (χ3v) is 7.91. The number of halogens is 2. The molecule has 3 aromatic rings. The summed E-state index contributed by atoms with van der Waals surface area (Å²) in [7, 11) is 0. The minimum Gasteiger partial charge on any atom is -0.480 e. The van der Waals surface area contributed by atoms with E-state index < -0.39 is 5.97 Å². The van der Waals surface area contributed by atoms with Gasteiger partial charge in [-0.3, -0.25) is 9.69 Å². The molecule has 5 rings (SSSR count). The molecule has 35 heavy (non-hydrogen) atoms. The summed E-state index contributed by atoms with van der Waals surface area (Å²) in [4.78, 5) is 23.5. The molecule has 4 heterocycles. The molecule has 2 aliphatic heterocycles. The van der Waals surface area contributed by atoms with Crippen LogP contribution in [0.1, 0.15) is 50.4 Å². The summed E-state index contributed by atoms with van der Waals surface area (Å²) in [6, 6.07) is 5.16. The number of nitrogens with zero attached hydrogens (tertiary/aromatic N) is 6. The number of hydrogen-bond donors (Lipinski definition) is 1. The van der Waals surface area contributed by atoms with Gasteiger partial charge in [0, 0.05) is 28.4 Å². The Balaban J connectivity index is 1.46. The van der Waals surface area contributed by atoms with Crippen LogP contribution < -0.4 is 0 Å². The van der Waals surface area contributed by atoms with Crippen molar-refractivity contribution in [1.29, 1.82) is 0 Å². The van der Waals surface area contributed by atoms with E-state index in [1.165, 1.54) is 0 Å². The zero-order chi connectivity index (χ0) is 24.9. The van der Waals surface area contributed by atoms with Gasteiger partial charge in [-0.25, -0.2) is 14.2 Å². The Kier molecular flexibility index (Phi) is 6.55. The summed E-state index contributed by atoms with van der Waals surface area (Å²) in [5, 5.41) is 15.5. The van der Waals surface area contributed by atoms with Crippen molar-refractivity contribution in [1.82, 2.24) is 24.6 Å². The van der Waals surface area contributed by atoms with Crippen molar-refractivity contribution < 1.29 is 14.5 Å². The first-order chi connectivity index (χ1) is 16.7. The average Bonchev–Trinajstić information content (AvgIpc) is 3.43. The predicted octanol–water partition coefficient (Wildman–Crippen LogP) is 4.72. The number of carboxylic acid groups (broad SMARTS) is 1. The van der Waals surface area contributed by atoms with Crippen LogP contribution in [0.25, 0.3) is 11.2 Å². The van der Waals surface area contributed by atoms with Crippen molar-refractivity contribution in [3.63, 3.8) is 0 Å². The van der Waals surface area contributed by atoms with E-state index in [-0.39, 0.29) is 24.0 Å². The lowest BCUT2D eigenvalue weighted by molar-refractivity contribution is -0.457. The third-order valence-electron chi connectivity index (χ3n) is 7.35. The highest BCUT2D eigenvalue weighted by molar-refractivity contribution is 6.35. The first-order valence-electron chi connectivity index (χ1n) is 12.0. The lowest BCUT2D eigenvalue weighted by Gasteiger charge is -2.36. The Bertz CT molecular complexity index is 1320. The fourth-order valence-electron chi connectivity index (χ4n) is 5.50. The average molecular weight is 516 g/mol. The van der Waals surface area contributed by atoms with Gasteiger partial charge in [0.25, 0.3) is 5.65 Å². The van der Waals surface area contributed by atoms with E-state index in [0.29, 0.717) is 15.7 Å². The van der Waals surface area contributed by atoms with Crippen molar-refractivity contribution in [3.05, 3.63) is 45.7 Å². The summed E-state index contributed by atoms with van der Waals surface area (Å²) < 4.78 is 4.00. The predicted molar refractivity (Wildman–Crippen MR) is 136 cm³/mol. The number of fused-ring (bicyclic) bond motifs is 1. The second kappa shape index (κ2) is 9.48. The minimum absolute atomic E-state index is 0.155. The normalized spacial score (nSPS) is 24.0. The zero-order valence-corrected chi connectivity index (χ0v) is 21.5. The zero-order valence-electron chi connectivity index (χ0n) is 20.0. The highest BCUT2D eigenvalue weighted by Crippen LogP contribution is 2.32. The third kappa shape index (κ3) is 4.43. The topological polar surface area (TPSA) is 87.2 Å². The molecule has 2 aliphatic rings. The standard InChI is InChI=1S/C25H28Cl2N6O2/c1-14-13-31(10-8-20(14)32-9-4-5-21(32)25(34)35)22-12-28-23-15(2)30-33(24(23)29-22)16(3)18-7-6-17(26)11-19(18)27/h6-7,10-12,14,16,20-21H,4-5,8-9,13H2,1-3H3/p+1/t14?,16-,20?,21+/m1/s1. The van der Waals surface area contributed by atoms with Gasteiger partial charge in [0.1, 0.15) is 12.2 Å². The van der Waals surface area contributed by atoms with Crippen LogP contribution in [-0.2, 0) is 4.79 Å².